The summed E-state index contributed by atoms with van der Waals surface area (Å²) in [6, 6.07) is 6.31. The lowest BCUT2D eigenvalue weighted by atomic mass is 10.1. The molecule has 0 atom stereocenters. The molecule has 18 heavy (non-hydrogen) atoms. The van der Waals surface area contributed by atoms with Gasteiger partial charge in [-0.3, -0.25) is 14.9 Å². The molecule has 1 amide bonds. The highest BCUT2D eigenvalue weighted by atomic mass is 16.6. The van der Waals surface area contributed by atoms with Crippen LogP contribution in [0.5, 0.6) is 0 Å². The van der Waals surface area contributed by atoms with Crippen LogP contribution in [0, 0.1) is 10.1 Å². The topological polar surface area (TPSA) is 81.5 Å². The summed E-state index contributed by atoms with van der Waals surface area (Å²) >= 11 is 0. The van der Waals surface area contributed by atoms with Gasteiger partial charge < -0.3 is 10.1 Å². The predicted octanol–water partition coefficient (Wildman–Crippen LogP) is 1.12. The second-order valence-electron chi connectivity index (χ2n) is 3.89. The SMILES string of the molecule is O=C(C=Cc1ccccc1[N+](=O)[O-])NC1COC1. The summed E-state index contributed by atoms with van der Waals surface area (Å²) in [5.74, 6) is -0.276. The largest absolute Gasteiger partial charge is 0.377 e. The molecule has 1 N–H and O–H groups in total. The zero-order valence-corrected chi connectivity index (χ0v) is 9.54. The monoisotopic (exact) mass is 248 g/mol. The van der Waals surface area contributed by atoms with Crippen molar-refractivity contribution in [2.24, 2.45) is 0 Å². The number of hydrogen-bond acceptors (Lipinski definition) is 4. The van der Waals surface area contributed by atoms with E-state index in [1.165, 1.54) is 18.2 Å². The van der Waals surface area contributed by atoms with E-state index in [2.05, 4.69) is 5.32 Å². The van der Waals surface area contributed by atoms with Crippen LogP contribution >= 0.6 is 0 Å². The molecule has 0 saturated carbocycles. The van der Waals surface area contributed by atoms with Gasteiger partial charge in [-0.05, 0) is 12.1 Å². The van der Waals surface area contributed by atoms with Crippen molar-refractivity contribution < 1.29 is 14.5 Å². The zero-order valence-electron chi connectivity index (χ0n) is 9.54. The van der Waals surface area contributed by atoms with Gasteiger partial charge in [0.15, 0.2) is 0 Å². The molecule has 0 aromatic heterocycles. The van der Waals surface area contributed by atoms with E-state index in [0.717, 1.165) is 0 Å². The molecular formula is C12H12N2O4. The van der Waals surface area contributed by atoms with Crippen molar-refractivity contribution in [2.45, 2.75) is 6.04 Å². The Hall–Kier alpha value is -2.21. The predicted molar refractivity (Wildman–Crippen MR) is 64.9 cm³/mol. The number of nitro groups is 1. The van der Waals surface area contributed by atoms with E-state index in [1.807, 2.05) is 0 Å². The Morgan fingerprint density at radius 3 is 2.78 bits per heavy atom. The minimum atomic E-state index is -0.475. The van der Waals surface area contributed by atoms with E-state index in [4.69, 9.17) is 4.74 Å². The zero-order chi connectivity index (χ0) is 13.0. The summed E-state index contributed by atoms with van der Waals surface area (Å²) in [7, 11) is 0. The van der Waals surface area contributed by atoms with Crippen molar-refractivity contribution in [3.8, 4) is 0 Å². The smallest absolute Gasteiger partial charge is 0.276 e. The first-order valence-electron chi connectivity index (χ1n) is 5.46. The summed E-state index contributed by atoms with van der Waals surface area (Å²) in [6.07, 6.45) is 2.73. The molecule has 0 radical (unpaired) electrons. The second-order valence-corrected chi connectivity index (χ2v) is 3.89. The Balaban J connectivity index is 2.03. The number of carbonyl (C=O) groups excluding carboxylic acids is 1. The van der Waals surface area contributed by atoms with Gasteiger partial charge in [0, 0.05) is 12.1 Å². The van der Waals surface area contributed by atoms with E-state index in [-0.39, 0.29) is 17.6 Å². The number of nitrogens with zero attached hydrogens (tertiary/aromatic N) is 1. The molecule has 0 aliphatic carbocycles. The van der Waals surface area contributed by atoms with E-state index in [1.54, 1.807) is 18.2 Å². The molecule has 0 spiro atoms. The van der Waals surface area contributed by atoms with E-state index >= 15 is 0 Å². The summed E-state index contributed by atoms with van der Waals surface area (Å²) in [5.41, 5.74) is 0.385. The van der Waals surface area contributed by atoms with Crippen LogP contribution in [0.1, 0.15) is 5.56 Å². The molecule has 0 unspecified atom stereocenters. The molecule has 1 fully saturated rings. The molecule has 2 rings (SSSR count). The van der Waals surface area contributed by atoms with Crippen LogP contribution in [0.15, 0.2) is 30.3 Å². The Bertz CT molecular complexity index is 495. The Morgan fingerprint density at radius 1 is 1.44 bits per heavy atom. The van der Waals surface area contributed by atoms with Crippen LogP contribution in [0.2, 0.25) is 0 Å². The van der Waals surface area contributed by atoms with Crippen LogP contribution in [0.3, 0.4) is 0 Å². The number of rotatable bonds is 4. The Kier molecular flexibility index (Phi) is 3.69. The van der Waals surface area contributed by atoms with Crippen LogP contribution in [0.4, 0.5) is 5.69 Å². The van der Waals surface area contributed by atoms with Crippen molar-refractivity contribution in [3.05, 3.63) is 46.0 Å². The first-order chi connectivity index (χ1) is 8.66. The number of benzene rings is 1. The van der Waals surface area contributed by atoms with Gasteiger partial charge in [0.1, 0.15) is 0 Å². The van der Waals surface area contributed by atoms with E-state index in [9.17, 15) is 14.9 Å². The number of nitro benzene ring substituents is 1. The molecule has 1 aromatic rings. The molecule has 1 aliphatic heterocycles. The number of ether oxygens (including phenoxy) is 1. The van der Waals surface area contributed by atoms with Gasteiger partial charge in [0.2, 0.25) is 5.91 Å². The van der Waals surface area contributed by atoms with Crippen LogP contribution in [0.25, 0.3) is 6.08 Å². The van der Waals surface area contributed by atoms with Gasteiger partial charge in [-0.1, -0.05) is 12.1 Å². The fraction of sp³-hybridized carbons (Fsp3) is 0.250. The van der Waals surface area contributed by atoms with Gasteiger partial charge in [-0.15, -0.1) is 0 Å². The minimum Gasteiger partial charge on any atom is -0.377 e. The van der Waals surface area contributed by atoms with Gasteiger partial charge in [-0.25, -0.2) is 0 Å². The Morgan fingerprint density at radius 2 is 2.17 bits per heavy atom. The lowest BCUT2D eigenvalue weighted by Gasteiger charge is -2.26. The second kappa shape index (κ2) is 5.42. The molecule has 1 aromatic carbocycles. The molecule has 94 valence electrons. The van der Waals surface area contributed by atoms with Gasteiger partial charge in [-0.2, -0.15) is 0 Å². The maximum Gasteiger partial charge on any atom is 0.276 e. The third-order valence-corrected chi connectivity index (χ3v) is 2.53. The van der Waals surface area contributed by atoms with Crippen molar-refractivity contribution in [1.82, 2.24) is 5.32 Å². The fourth-order valence-electron chi connectivity index (χ4n) is 1.53. The average Bonchev–Trinajstić information content (AvgIpc) is 2.31. The van der Waals surface area contributed by atoms with E-state index in [0.29, 0.717) is 18.8 Å². The van der Waals surface area contributed by atoms with Crippen molar-refractivity contribution >= 4 is 17.7 Å². The summed E-state index contributed by atoms with van der Waals surface area (Å²) in [5, 5.41) is 13.5. The Labute approximate surface area is 103 Å². The minimum absolute atomic E-state index is 0.0199. The normalized spacial score (nSPS) is 15.3. The first-order valence-corrected chi connectivity index (χ1v) is 5.46. The summed E-state index contributed by atoms with van der Waals surface area (Å²) in [4.78, 5) is 21.8. The average molecular weight is 248 g/mol. The van der Waals surface area contributed by atoms with Crippen molar-refractivity contribution in [2.75, 3.05) is 13.2 Å². The molecule has 1 heterocycles. The first kappa shape index (κ1) is 12.3. The third kappa shape index (κ3) is 2.92. The number of amides is 1. The van der Waals surface area contributed by atoms with Crippen LogP contribution in [-0.2, 0) is 9.53 Å². The fourth-order valence-corrected chi connectivity index (χ4v) is 1.53. The lowest BCUT2D eigenvalue weighted by Crippen LogP contribution is -2.48. The quantitative estimate of drug-likeness (QED) is 0.492. The highest BCUT2D eigenvalue weighted by Gasteiger charge is 2.19. The number of nitrogens with one attached hydrogen (secondary N) is 1. The van der Waals surface area contributed by atoms with Crippen LogP contribution in [-0.4, -0.2) is 30.1 Å². The number of carbonyl (C=O) groups is 1. The molecule has 6 heteroatoms. The molecule has 1 saturated heterocycles. The maximum atomic E-state index is 11.5. The van der Waals surface area contributed by atoms with Crippen LogP contribution < -0.4 is 5.32 Å². The number of para-hydroxylation sites is 1. The van der Waals surface area contributed by atoms with Gasteiger partial charge in [0.05, 0.1) is 29.7 Å². The van der Waals surface area contributed by atoms with Gasteiger partial charge >= 0.3 is 0 Å². The van der Waals surface area contributed by atoms with E-state index < -0.39 is 4.92 Å². The summed E-state index contributed by atoms with van der Waals surface area (Å²) in [6.45, 7) is 1.04. The lowest BCUT2D eigenvalue weighted by molar-refractivity contribution is -0.385. The number of hydrogen-bond donors (Lipinski definition) is 1. The molecule has 6 nitrogen and oxygen atoms in total. The molecule has 0 bridgehead atoms. The highest BCUT2D eigenvalue weighted by molar-refractivity contribution is 5.92. The van der Waals surface area contributed by atoms with Gasteiger partial charge in [0.25, 0.3) is 5.69 Å². The highest BCUT2D eigenvalue weighted by Crippen LogP contribution is 2.18. The third-order valence-electron chi connectivity index (χ3n) is 2.53. The summed E-state index contributed by atoms with van der Waals surface area (Å²) < 4.78 is 4.92. The molecular weight excluding hydrogens is 236 g/mol. The van der Waals surface area contributed by atoms with Crippen molar-refractivity contribution in [1.29, 1.82) is 0 Å². The standard InChI is InChI=1S/C12H12N2O4/c15-12(13-10-7-18-8-10)6-5-9-3-1-2-4-11(9)14(16)17/h1-6,10H,7-8H2,(H,13,15). The van der Waals surface area contributed by atoms with Crippen molar-refractivity contribution in [3.63, 3.8) is 0 Å². The molecule has 1 aliphatic rings. The maximum absolute atomic E-state index is 11.5.